The summed E-state index contributed by atoms with van der Waals surface area (Å²) in [6.07, 6.45) is 0.507. The highest BCUT2D eigenvalue weighted by atomic mass is 19.3. The van der Waals surface area contributed by atoms with Crippen LogP contribution >= 0.6 is 0 Å². The zero-order chi connectivity index (χ0) is 27.7. The largest absolute Gasteiger partial charge is 0.468 e. The van der Waals surface area contributed by atoms with Crippen molar-refractivity contribution < 1.29 is 37.4 Å². The number of carbonyl (C=O) groups is 3. The molecule has 204 valence electrons. The maximum absolute atomic E-state index is 13.8. The number of pyridine rings is 1. The second-order valence-corrected chi connectivity index (χ2v) is 10.1. The fraction of sp³-hybridized carbons (Fsp3) is 0.481. The number of nitrogens with one attached hydrogen (secondary N) is 1. The van der Waals surface area contributed by atoms with E-state index in [9.17, 15) is 23.2 Å². The molecule has 0 radical (unpaired) electrons. The number of aromatic nitrogens is 1. The maximum Gasteiger partial charge on any atom is 0.409 e. The lowest BCUT2D eigenvalue weighted by molar-refractivity contribution is -0.148. The summed E-state index contributed by atoms with van der Waals surface area (Å²) in [5.41, 5.74) is 0.110. The van der Waals surface area contributed by atoms with Crippen LogP contribution in [0.3, 0.4) is 0 Å². The molecule has 2 aromatic rings. The van der Waals surface area contributed by atoms with Crippen molar-refractivity contribution >= 4 is 23.7 Å². The van der Waals surface area contributed by atoms with Gasteiger partial charge in [-0.3, -0.25) is 9.59 Å². The van der Waals surface area contributed by atoms with E-state index >= 15 is 0 Å². The molecule has 0 bridgehead atoms. The number of rotatable bonds is 9. The summed E-state index contributed by atoms with van der Waals surface area (Å²) in [4.78, 5) is 44.0. The third-order valence-corrected chi connectivity index (χ3v) is 7.11. The van der Waals surface area contributed by atoms with E-state index in [0.717, 1.165) is 11.1 Å². The van der Waals surface area contributed by atoms with Gasteiger partial charge in [0.1, 0.15) is 23.1 Å². The van der Waals surface area contributed by atoms with Gasteiger partial charge in [-0.2, -0.15) is 8.78 Å². The molecule has 9 nitrogen and oxygen atoms in total. The van der Waals surface area contributed by atoms with E-state index in [4.69, 9.17) is 9.47 Å². The number of carbonyl (C=O) groups excluding carboxylic acids is 3. The average Bonchev–Trinajstić information content (AvgIpc) is 3.64. The van der Waals surface area contributed by atoms with Crippen molar-refractivity contribution in [3.8, 4) is 5.88 Å². The standard InChI is InChI=1S/C27H31F2N3O6/c1-16(2)18-7-5-6-8-19(18)27(22(33)31-20-10-9-17(3)30-21(20)38-24(28)29)13-32(14-27)25(35)37-15-26(11-12-26)23(34)36-4/h5-10,16,24H,11-15H2,1-4H3,(H,31,33). The van der Waals surface area contributed by atoms with Gasteiger partial charge in [-0.05, 0) is 48.9 Å². The van der Waals surface area contributed by atoms with E-state index in [-0.39, 0.29) is 31.3 Å². The molecule has 0 unspecified atom stereocenters. The third-order valence-electron chi connectivity index (χ3n) is 7.11. The van der Waals surface area contributed by atoms with E-state index in [1.807, 2.05) is 38.1 Å². The number of aryl methyl sites for hydroxylation is 1. The van der Waals surface area contributed by atoms with Gasteiger partial charge in [0.05, 0.1) is 7.11 Å². The lowest BCUT2D eigenvalue weighted by Crippen LogP contribution is -2.66. The van der Waals surface area contributed by atoms with Gasteiger partial charge in [0, 0.05) is 18.8 Å². The highest BCUT2D eigenvalue weighted by Gasteiger charge is 2.56. The Morgan fingerprint density at radius 2 is 1.79 bits per heavy atom. The first-order chi connectivity index (χ1) is 18.0. The lowest BCUT2D eigenvalue weighted by Gasteiger charge is -2.49. The lowest BCUT2D eigenvalue weighted by atomic mass is 9.70. The number of benzene rings is 1. The van der Waals surface area contributed by atoms with Crippen LogP contribution in [-0.2, 0) is 24.5 Å². The summed E-state index contributed by atoms with van der Waals surface area (Å²) in [6.45, 7) is 2.38. The van der Waals surface area contributed by atoms with Crippen molar-refractivity contribution in [2.24, 2.45) is 5.41 Å². The quantitative estimate of drug-likeness (QED) is 0.478. The third kappa shape index (κ3) is 5.27. The predicted molar refractivity (Wildman–Crippen MR) is 133 cm³/mol. The number of amides is 2. The monoisotopic (exact) mass is 531 g/mol. The molecule has 1 aliphatic heterocycles. The highest BCUT2D eigenvalue weighted by Crippen LogP contribution is 2.47. The van der Waals surface area contributed by atoms with Crippen LogP contribution in [0.5, 0.6) is 5.88 Å². The molecular formula is C27H31F2N3O6. The SMILES string of the molecule is COC(=O)C1(COC(=O)N2CC(C(=O)Nc3ccc(C)nc3OC(F)F)(c3ccccc3C(C)C)C2)CC1. The fourth-order valence-electron chi connectivity index (χ4n) is 4.72. The second-order valence-electron chi connectivity index (χ2n) is 10.1. The van der Waals surface area contributed by atoms with Crippen LogP contribution in [0.1, 0.15) is 49.4 Å². The van der Waals surface area contributed by atoms with Gasteiger partial charge in [0.15, 0.2) is 0 Å². The van der Waals surface area contributed by atoms with Crippen LogP contribution < -0.4 is 10.1 Å². The summed E-state index contributed by atoms with van der Waals surface area (Å²) < 4.78 is 40.8. The van der Waals surface area contributed by atoms with E-state index in [0.29, 0.717) is 18.5 Å². The highest BCUT2D eigenvalue weighted by molar-refractivity contribution is 6.02. The van der Waals surface area contributed by atoms with Crippen LogP contribution in [0.2, 0.25) is 0 Å². The number of esters is 1. The summed E-state index contributed by atoms with van der Waals surface area (Å²) in [5, 5.41) is 2.70. The Morgan fingerprint density at radius 3 is 2.39 bits per heavy atom. The fourth-order valence-corrected chi connectivity index (χ4v) is 4.72. The summed E-state index contributed by atoms with van der Waals surface area (Å²) >= 11 is 0. The molecule has 1 N–H and O–H groups in total. The maximum atomic E-state index is 13.8. The molecule has 38 heavy (non-hydrogen) atoms. The number of halogens is 2. The molecule has 2 fully saturated rings. The Kier molecular flexibility index (Phi) is 7.57. The number of anilines is 1. The number of ether oxygens (including phenoxy) is 3. The Balaban J connectivity index is 1.58. The molecule has 1 aromatic heterocycles. The summed E-state index contributed by atoms with van der Waals surface area (Å²) in [6, 6.07) is 10.5. The van der Waals surface area contributed by atoms with Crippen molar-refractivity contribution in [2.45, 2.75) is 51.6 Å². The van der Waals surface area contributed by atoms with Crippen molar-refractivity contribution in [3.05, 3.63) is 53.2 Å². The van der Waals surface area contributed by atoms with Gasteiger partial charge >= 0.3 is 18.7 Å². The normalized spacial score (nSPS) is 17.0. The van der Waals surface area contributed by atoms with Crippen LogP contribution in [0.4, 0.5) is 19.3 Å². The Bertz CT molecular complexity index is 1230. The van der Waals surface area contributed by atoms with Crippen LogP contribution in [0.15, 0.2) is 36.4 Å². The van der Waals surface area contributed by atoms with Crippen LogP contribution in [0, 0.1) is 12.3 Å². The van der Waals surface area contributed by atoms with Gasteiger partial charge in [0.25, 0.3) is 0 Å². The van der Waals surface area contributed by atoms with Gasteiger partial charge in [-0.1, -0.05) is 38.1 Å². The number of hydrogen-bond donors (Lipinski definition) is 1. The first kappa shape index (κ1) is 27.3. The minimum atomic E-state index is -3.12. The number of nitrogens with zero attached hydrogens (tertiary/aromatic N) is 2. The predicted octanol–water partition coefficient (Wildman–Crippen LogP) is 4.40. The molecule has 1 saturated carbocycles. The minimum absolute atomic E-state index is 0.00270. The molecule has 1 saturated heterocycles. The number of methoxy groups -OCH3 is 1. The smallest absolute Gasteiger partial charge is 0.409 e. The first-order valence-corrected chi connectivity index (χ1v) is 12.3. The molecule has 0 atom stereocenters. The number of alkyl halides is 2. The van der Waals surface area contributed by atoms with Crippen LogP contribution in [-0.4, -0.2) is 61.3 Å². The average molecular weight is 532 g/mol. The molecule has 1 aliphatic carbocycles. The van der Waals surface area contributed by atoms with Crippen molar-refractivity contribution in [3.63, 3.8) is 0 Å². The molecule has 2 amide bonds. The molecule has 2 aliphatic rings. The topological polar surface area (TPSA) is 107 Å². The Labute approximate surface area is 219 Å². The van der Waals surface area contributed by atoms with E-state index in [1.54, 1.807) is 13.0 Å². The van der Waals surface area contributed by atoms with Gasteiger partial charge < -0.3 is 24.4 Å². The first-order valence-electron chi connectivity index (χ1n) is 12.3. The molecule has 0 spiro atoms. The Morgan fingerprint density at radius 1 is 1.11 bits per heavy atom. The zero-order valence-electron chi connectivity index (χ0n) is 21.8. The summed E-state index contributed by atoms with van der Waals surface area (Å²) in [7, 11) is 1.29. The zero-order valence-corrected chi connectivity index (χ0v) is 21.8. The molecule has 1 aromatic carbocycles. The molecule has 4 rings (SSSR count). The van der Waals surface area contributed by atoms with Crippen molar-refractivity contribution in [2.75, 3.05) is 32.1 Å². The molecule has 11 heteroatoms. The van der Waals surface area contributed by atoms with E-state index < -0.39 is 41.3 Å². The summed E-state index contributed by atoms with van der Waals surface area (Å²) in [5.74, 6) is -1.23. The minimum Gasteiger partial charge on any atom is -0.468 e. The second kappa shape index (κ2) is 10.5. The van der Waals surface area contributed by atoms with E-state index in [1.165, 1.54) is 18.1 Å². The van der Waals surface area contributed by atoms with E-state index in [2.05, 4.69) is 15.0 Å². The van der Waals surface area contributed by atoms with Gasteiger partial charge in [0.2, 0.25) is 11.8 Å². The number of hydrogen-bond acceptors (Lipinski definition) is 7. The van der Waals surface area contributed by atoms with Gasteiger partial charge in [-0.15, -0.1) is 0 Å². The molecular weight excluding hydrogens is 500 g/mol. The van der Waals surface area contributed by atoms with Crippen LogP contribution in [0.25, 0.3) is 0 Å². The number of likely N-dealkylation sites (tertiary alicyclic amines) is 1. The molecule has 2 heterocycles. The Hall–Kier alpha value is -3.76. The van der Waals surface area contributed by atoms with Crippen molar-refractivity contribution in [1.82, 2.24) is 9.88 Å². The van der Waals surface area contributed by atoms with Gasteiger partial charge in [-0.25, -0.2) is 9.78 Å². The van der Waals surface area contributed by atoms with Crippen molar-refractivity contribution in [1.29, 1.82) is 0 Å².